The largest absolute Gasteiger partial charge is 0.468 e. The molecule has 1 aromatic carbocycles. The van der Waals surface area contributed by atoms with Crippen LogP contribution in [0.1, 0.15) is 24.8 Å². The Morgan fingerprint density at radius 1 is 1.46 bits per heavy atom. The summed E-state index contributed by atoms with van der Waals surface area (Å²) in [5, 5.41) is 13.6. The van der Waals surface area contributed by atoms with Gasteiger partial charge in [0.1, 0.15) is 6.04 Å². The molecule has 0 aliphatic carbocycles. The number of anilines is 1. The third kappa shape index (κ3) is 4.08. The van der Waals surface area contributed by atoms with Gasteiger partial charge in [-0.25, -0.2) is 0 Å². The summed E-state index contributed by atoms with van der Waals surface area (Å²) in [5.74, 6) is -0.517. The van der Waals surface area contributed by atoms with Gasteiger partial charge in [-0.15, -0.1) is 0 Å². The summed E-state index contributed by atoms with van der Waals surface area (Å²) >= 11 is 0. The van der Waals surface area contributed by atoms with E-state index in [2.05, 4.69) is 5.32 Å². The first-order valence-corrected chi connectivity index (χ1v) is 7.79. The fourth-order valence-electron chi connectivity index (χ4n) is 2.91. The Morgan fingerprint density at radius 3 is 2.88 bits per heavy atom. The van der Waals surface area contributed by atoms with E-state index in [0.29, 0.717) is 17.8 Å². The maximum absolute atomic E-state index is 12.1. The number of carbonyl (C=O) groups is 2. The molecule has 0 spiro atoms. The van der Waals surface area contributed by atoms with Crippen molar-refractivity contribution in [1.29, 1.82) is 0 Å². The zero-order chi connectivity index (χ0) is 17.7. The van der Waals surface area contributed by atoms with Crippen molar-refractivity contribution in [2.75, 3.05) is 25.5 Å². The number of benzene rings is 1. The number of nitro groups is 1. The normalized spacial score (nSPS) is 17.5. The number of likely N-dealkylation sites (tertiary alicyclic amines) is 1. The smallest absolute Gasteiger partial charge is 0.323 e. The highest BCUT2D eigenvalue weighted by Gasteiger charge is 2.31. The molecule has 0 radical (unpaired) electrons. The van der Waals surface area contributed by atoms with Crippen LogP contribution in [0.5, 0.6) is 0 Å². The number of carbonyl (C=O) groups excluding carboxylic acids is 2. The highest BCUT2D eigenvalue weighted by Crippen LogP contribution is 2.25. The third-order valence-corrected chi connectivity index (χ3v) is 4.24. The van der Waals surface area contributed by atoms with Crippen molar-refractivity contribution in [3.05, 3.63) is 33.9 Å². The molecule has 0 aromatic heterocycles. The number of hydrogen-bond donors (Lipinski definition) is 1. The van der Waals surface area contributed by atoms with E-state index >= 15 is 0 Å². The first-order valence-electron chi connectivity index (χ1n) is 7.79. The Balaban J connectivity index is 1.93. The third-order valence-electron chi connectivity index (χ3n) is 4.24. The van der Waals surface area contributed by atoms with Gasteiger partial charge in [0.25, 0.3) is 5.69 Å². The predicted molar refractivity (Wildman–Crippen MR) is 87.7 cm³/mol. The second-order valence-corrected chi connectivity index (χ2v) is 5.72. The van der Waals surface area contributed by atoms with Gasteiger partial charge in [0.05, 0.1) is 23.3 Å². The fraction of sp³-hybridized carbons (Fsp3) is 0.500. The van der Waals surface area contributed by atoms with Gasteiger partial charge in [-0.05, 0) is 32.4 Å². The first-order chi connectivity index (χ1) is 11.4. The van der Waals surface area contributed by atoms with E-state index in [1.54, 1.807) is 13.0 Å². The topological polar surface area (TPSA) is 102 Å². The molecule has 1 fully saturated rings. The summed E-state index contributed by atoms with van der Waals surface area (Å²) in [5.41, 5.74) is 0.822. The van der Waals surface area contributed by atoms with E-state index in [0.717, 1.165) is 19.4 Å². The lowest BCUT2D eigenvalue weighted by atomic mass is 10.1. The van der Waals surface area contributed by atoms with Gasteiger partial charge in [-0.3, -0.25) is 24.6 Å². The molecule has 1 heterocycles. The van der Waals surface area contributed by atoms with E-state index in [-0.39, 0.29) is 30.0 Å². The second-order valence-electron chi connectivity index (χ2n) is 5.72. The SMILES string of the molecule is COC(=O)C1CCCN1CCC(=O)Nc1cccc([N+](=O)[O-])c1C. The molecule has 24 heavy (non-hydrogen) atoms. The van der Waals surface area contributed by atoms with Crippen molar-refractivity contribution in [2.45, 2.75) is 32.2 Å². The molecular formula is C16H21N3O5. The molecule has 0 bridgehead atoms. The van der Waals surface area contributed by atoms with Crippen molar-refractivity contribution < 1.29 is 19.2 Å². The summed E-state index contributed by atoms with van der Waals surface area (Å²) in [7, 11) is 1.36. The Hall–Kier alpha value is -2.48. The van der Waals surface area contributed by atoms with Crippen molar-refractivity contribution in [1.82, 2.24) is 4.90 Å². The first kappa shape index (κ1) is 17.9. The molecule has 8 nitrogen and oxygen atoms in total. The van der Waals surface area contributed by atoms with Crippen LogP contribution in [-0.2, 0) is 14.3 Å². The molecule has 1 amide bonds. The van der Waals surface area contributed by atoms with Crippen LogP contribution in [0.2, 0.25) is 0 Å². The quantitative estimate of drug-likeness (QED) is 0.484. The summed E-state index contributed by atoms with van der Waals surface area (Å²) in [6.07, 6.45) is 1.83. The average molecular weight is 335 g/mol. The van der Waals surface area contributed by atoms with Crippen LogP contribution in [0.15, 0.2) is 18.2 Å². The number of ether oxygens (including phenoxy) is 1. The number of methoxy groups -OCH3 is 1. The van der Waals surface area contributed by atoms with E-state index < -0.39 is 4.92 Å². The molecule has 8 heteroatoms. The molecule has 1 saturated heterocycles. The number of nitro benzene ring substituents is 1. The lowest BCUT2D eigenvalue weighted by molar-refractivity contribution is -0.385. The Kier molecular flexibility index (Phi) is 5.86. The molecule has 1 N–H and O–H groups in total. The van der Waals surface area contributed by atoms with E-state index in [9.17, 15) is 19.7 Å². The van der Waals surface area contributed by atoms with Gasteiger partial charge < -0.3 is 10.1 Å². The van der Waals surface area contributed by atoms with Crippen LogP contribution in [-0.4, -0.2) is 47.9 Å². The maximum atomic E-state index is 12.1. The van der Waals surface area contributed by atoms with E-state index in [1.807, 2.05) is 4.90 Å². The van der Waals surface area contributed by atoms with Crippen LogP contribution in [0, 0.1) is 17.0 Å². The number of amides is 1. The highest BCUT2D eigenvalue weighted by molar-refractivity contribution is 5.92. The van der Waals surface area contributed by atoms with Crippen LogP contribution in [0.4, 0.5) is 11.4 Å². The Morgan fingerprint density at radius 2 is 2.21 bits per heavy atom. The van der Waals surface area contributed by atoms with Gasteiger partial charge in [0.2, 0.25) is 5.91 Å². The average Bonchev–Trinajstić information content (AvgIpc) is 3.02. The molecule has 1 aromatic rings. The number of esters is 1. The molecule has 0 saturated carbocycles. The molecule has 1 aliphatic rings. The van der Waals surface area contributed by atoms with Crippen molar-refractivity contribution in [3.8, 4) is 0 Å². The summed E-state index contributed by atoms with van der Waals surface area (Å²) in [6, 6.07) is 4.28. The van der Waals surface area contributed by atoms with Crippen molar-refractivity contribution in [2.24, 2.45) is 0 Å². The minimum absolute atomic E-state index is 0.0295. The Labute approximate surface area is 139 Å². The zero-order valence-electron chi connectivity index (χ0n) is 13.8. The molecular weight excluding hydrogens is 314 g/mol. The van der Waals surface area contributed by atoms with Crippen LogP contribution >= 0.6 is 0 Å². The number of nitrogens with one attached hydrogen (secondary N) is 1. The van der Waals surface area contributed by atoms with Crippen molar-refractivity contribution in [3.63, 3.8) is 0 Å². The predicted octanol–water partition coefficient (Wildman–Crippen LogP) is 1.87. The molecule has 1 atom stereocenters. The van der Waals surface area contributed by atoms with Crippen LogP contribution < -0.4 is 5.32 Å². The molecule has 1 aliphatic heterocycles. The molecule has 130 valence electrons. The lowest BCUT2D eigenvalue weighted by Gasteiger charge is -2.21. The summed E-state index contributed by atoms with van der Waals surface area (Å²) in [4.78, 5) is 36.2. The number of rotatable bonds is 6. The Bertz CT molecular complexity index is 647. The van der Waals surface area contributed by atoms with E-state index in [4.69, 9.17) is 4.74 Å². The van der Waals surface area contributed by atoms with Crippen LogP contribution in [0.25, 0.3) is 0 Å². The van der Waals surface area contributed by atoms with Gasteiger partial charge >= 0.3 is 5.97 Å². The van der Waals surface area contributed by atoms with Gasteiger partial charge in [0, 0.05) is 19.0 Å². The monoisotopic (exact) mass is 335 g/mol. The van der Waals surface area contributed by atoms with Crippen LogP contribution in [0.3, 0.4) is 0 Å². The summed E-state index contributed by atoms with van der Waals surface area (Å²) in [6.45, 7) is 2.80. The molecule has 2 rings (SSSR count). The van der Waals surface area contributed by atoms with Gasteiger partial charge in [0.15, 0.2) is 0 Å². The van der Waals surface area contributed by atoms with Gasteiger partial charge in [-0.1, -0.05) is 6.07 Å². The van der Waals surface area contributed by atoms with Crippen molar-refractivity contribution >= 4 is 23.3 Å². The lowest BCUT2D eigenvalue weighted by Crippen LogP contribution is -2.38. The number of nitrogens with zero attached hydrogens (tertiary/aromatic N) is 2. The standard InChI is InChI=1S/C16H21N3O5/c1-11-12(5-3-6-13(11)19(22)23)17-15(20)8-10-18-9-4-7-14(18)16(21)24-2/h3,5-6,14H,4,7-10H2,1-2H3,(H,17,20). The minimum Gasteiger partial charge on any atom is -0.468 e. The minimum atomic E-state index is -0.476. The van der Waals surface area contributed by atoms with E-state index in [1.165, 1.54) is 19.2 Å². The summed E-state index contributed by atoms with van der Waals surface area (Å²) < 4.78 is 4.77. The fourth-order valence-corrected chi connectivity index (χ4v) is 2.91. The molecule has 1 unspecified atom stereocenters. The second kappa shape index (κ2) is 7.87. The number of hydrogen-bond acceptors (Lipinski definition) is 6. The maximum Gasteiger partial charge on any atom is 0.323 e. The van der Waals surface area contributed by atoms with Gasteiger partial charge in [-0.2, -0.15) is 0 Å². The highest BCUT2D eigenvalue weighted by atomic mass is 16.6. The zero-order valence-corrected chi connectivity index (χ0v) is 13.8.